The Morgan fingerprint density at radius 2 is 2.17 bits per heavy atom. The fraction of sp³-hybridized carbons (Fsp3) is 0.286. The van der Waals surface area contributed by atoms with Gasteiger partial charge in [0, 0.05) is 18.0 Å². The van der Waals surface area contributed by atoms with Gasteiger partial charge in [-0.05, 0) is 24.5 Å². The monoisotopic (exact) mass is 261 g/mol. The van der Waals surface area contributed by atoms with Crippen molar-refractivity contribution in [3.05, 3.63) is 52.0 Å². The number of carbonyl (C=O) groups is 1. The quantitative estimate of drug-likeness (QED) is 0.900. The minimum Gasteiger partial charge on any atom is -0.481 e. The molecule has 94 valence electrons. The third kappa shape index (κ3) is 3.17. The maximum absolute atomic E-state index is 11.3. The summed E-state index contributed by atoms with van der Waals surface area (Å²) < 4.78 is 0. The number of carboxylic acids is 1. The van der Waals surface area contributed by atoms with Gasteiger partial charge in [-0.2, -0.15) is 0 Å². The average molecular weight is 261 g/mol. The summed E-state index contributed by atoms with van der Waals surface area (Å²) in [5.74, 6) is -1.16. The van der Waals surface area contributed by atoms with Crippen LogP contribution in [0.3, 0.4) is 0 Å². The van der Waals surface area contributed by atoms with Crippen molar-refractivity contribution in [1.29, 1.82) is 0 Å². The fourth-order valence-corrected chi connectivity index (χ4v) is 2.61. The lowest BCUT2D eigenvalue weighted by molar-refractivity contribution is -0.141. The number of carboxylic acid groups (broad SMARTS) is 1. The molecule has 0 radical (unpaired) electrons. The number of nitrogens with zero attached hydrogens (tertiary/aromatic N) is 1. The maximum Gasteiger partial charge on any atom is 0.307 e. The summed E-state index contributed by atoms with van der Waals surface area (Å²) in [6.45, 7) is 2.01. The van der Waals surface area contributed by atoms with E-state index < -0.39 is 11.9 Å². The summed E-state index contributed by atoms with van der Waals surface area (Å²) in [5.41, 5.74) is 2.24. The highest BCUT2D eigenvalue weighted by molar-refractivity contribution is 7.09. The lowest BCUT2D eigenvalue weighted by Gasteiger charge is -2.12. The largest absolute Gasteiger partial charge is 0.481 e. The van der Waals surface area contributed by atoms with Gasteiger partial charge in [-0.1, -0.05) is 24.3 Å². The predicted octanol–water partition coefficient (Wildman–Crippen LogP) is 2.94. The maximum atomic E-state index is 11.3. The Balaban J connectivity index is 2.12. The van der Waals surface area contributed by atoms with Crippen LogP contribution in [0, 0.1) is 12.8 Å². The zero-order valence-electron chi connectivity index (χ0n) is 10.2. The molecule has 1 atom stereocenters. The molecule has 1 heterocycles. The molecule has 0 aliphatic heterocycles. The number of hydrogen-bond acceptors (Lipinski definition) is 3. The molecule has 0 saturated carbocycles. The van der Waals surface area contributed by atoms with Crippen LogP contribution in [0.1, 0.15) is 16.1 Å². The van der Waals surface area contributed by atoms with Crippen molar-refractivity contribution in [1.82, 2.24) is 4.98 Å². The molecule has 1 N–H and O–H groups in total. The predicted molar refractivity (Wildman–Crippen MR) is 71.8 cm³/mol. The molecule has 0 aliphatic rings. The molecular formula is C14H15NO2S. The number of thiazole rings is 1. The van der Waals surface area contributed by atoms with Crippen molar-refractivity contribution in [3.63, 3.8) is 0 Å². The Morgan fingerprint density at radius 3 is 2.78 bits per heavy atom. The first-order chi connectivity index (χ1) is 8.66. The minimum absolute atomic E-state index is 0.405. The van der Waals surface area contributed by atoms with E-state index >= 15 is 0 Å². The molecular weight excluding hydrogens is 246 g/mol. The van der Waals surface area contributed by atoms with Gasteiger partial charge in [0.05, 0.1) is 10.9 Å². The van der Waals surface area contributed by atoms with Crippen LogP contribution in [-0.4, -0.2) is 16.1 Å². The summed E-state index contributed by atoms with van der Waals surface area (Å²) in [6, 6.07) is 7.92. The highest BCUT2D eigenvalue weighted by Crippen LogP contribution is 2.18. The third-order valence-corrected chi connectivity index (χ3v) is 3.78. The molecule has 0 spiro atoms. The molecule has 1 aromatic heterocycles. The molecule has 1 aromatic carbocycles. The number of hydrogen-bond donors (Lipinski definition) is 1. The number of aryl methyl sites for hydroxylation is 1. The van der Waals surface area contributed by atoms with E-state index in [1.54, 1.807) is 6.20 Å². The van der Waals surface area contributed by atoms with E-state index in [2.05, 4.69) is 4.98 Å². The van der Waals surface area contributed by atoms with Crippen molar-refractivity contribution in [2.24, 2.45) is 5.92 Å². The van der Waals surface area contributed by atoms with Crippen LogP contribution in [0.2, 0.25) is 0 Å². The van der Waals surface area contributed by atoms with Gasteiger partial charge < -0.3 is 5.11 Å². The smallest absolute Gasteiger partial charge is 0.307 e. The van der Waals surface area contributed by atoms with Gasteiger partial charge in [-0.25, -0.2) is 4.98 Å². The highest BCUT2D eigenvalue weighted by Gasteiger charge is 2.20. The van der Waals surface area contributed by atoms with Crippen molar-refractivity contribution in [2.75, 3.05) is 0 Å². The number of aliphatic carboxylic acids is 1. The van der Waals surface area contributed by atoms with Gasteiger partial charge in [-0.15, -0.1) is 11.3 Å². The molecule has 0 amide bonds. The van der Waals surface area contributed by atoms with Gasteiger partial charge in [0.25, 0.3) is 0 Å². The van der Waals surface area contributed by atoms with Gasteiger partial charge in [0.2, 0.25) is 0 Å². The van der Waals surface area contributed by atoms with Crippen molar-refractivity contribution >= 4 is 17.3 Å². The van der Waals surface area contributed by atoms with Crippen LogP contribution in [0.15, 0.2) is 35.8 Å². The second-order valence-electron chi connectivity index (χ2n) is 4.30. The van der Waals surface area contributed by atoms with E-state index in [0.29, 0.717) is 12.8 Å². The van der Waals surface area contributed by atoms with Crippen LogP contribution in [-0.2, 0) is 17.6 Å². The molecule has 2 aromatic rings. The molecule has 18 heavy (non-hydrogen) atoms. The Kier molecular flexibility index (Phi) is 4.10. The Hall–Kier alpha value is -1.68. The van der Waals surface area contributed by atoms with Gasteiger partial charge >= 0.3 is 5.97 Å². The van der Waals surface area contributed by atoms with E-state index in [1.807, 2.05) is 36.6 Å². The zero-order valence-corrected chi connectivity index (χ0v) is 11.0. The van der Waals surface area contributed by atoms with Crippen molar-refractivity contribution < 1.29 is 9.90 Å². The van der Waals surface area contributed by atoms with Gasteiger partial charge in [-0.3, -0.25) is 4.79 Å². The standard InChI is InChI=1S/C14H15NO2S/c1-10-4-2-3-5-11(10)8-12(14(16)17)9-13-15-6-7-18-13/h2-7,12H,8-9H2,1H3,(H,16,17). The first-order valence-electron chi connectivity index (χ1n) is 5.82. The average Bonchev–Trinajstić information content (AvgIpc) is 2.83. The first-order valence-corrected chi connectivity index (χ1v) is 6.70. The lowest BCUT2D eigenvalue weighted by atomic mass is 9.94. The van der Waals surface area contributed by atoms with Crippen LogP contribution < -0.4 is 0 Å². The van der Waals surface area contributed by atoms with E-state index in [0.717, 1.165) is 16.1 Å². The SMILES string of the molecule is Cc1ccccc1CC(Cc1nccs1)C(=O)O. The number of rotatable bonds is 5. The van der Waals surface area contributed by atoms with Gasteiger partial charge in [0.15, 0.2) is 0 Å². The van der Waals surface area contributed by atoms with E-state index in [1.165, 1.54) is 11.3 Å². The molecule has 0 saturated heterocycles. The topological polar surface area (TPSA) is 50.2 Å². The highest BCUT2D eigenvalue weighted by atomic mass is 32.1. The molecule has 0 aliphatic carbocycles. The summed E-state index contributed by atoms with van der Waals surface area (Å²) in [5, 5.41) is 12.1. The molecule has 3 nitrogen and oxygen atoms in total. The van der Waals surface area contributed by atoms with Crippen LogP contribution in [0.25, 0.3) is 0 Å². The summed E-state index contributed by atoms with van der Waals surface area (Å²) in [6.07, 6.45) is 2.77. The normalized spacial score (nSPS) is 12.3. The van der Waals surface area contributed by atoms with Crippen LogP contribution in [0.5, 0.6) is 0 Å². The van der Waals surface area contributed by atoms with Gasteiger partial charge in [0.1, 0.15) is 0 Å². The zero-order chi connectivity index (χ0) is 13.0. The molecule has 0 bridgehead atoms. The van der Waals surface area contributed by atoms with E-state index in [-0.39, 0.29) is 0 Å². The molecule has 0 fully saturated rings. The van der Waals surface area contributed by atoms with Crippen molar-refractivity contribution in [2.45, 2.75) is 19.8 Å². The van der Waals surface area contributed by atoms with E-state index in [9.17, 15) is 9.90 Å². The minimum atomic E-state index is -0.756. The lowest BCUT2D eigenvalue weighted by Crippen LogP contribution is -2.19. The second kappa shape index (κ2) is 5.78. The Morgan fingerprint density at radius 1 is 1.39 bits per heavy atom. The fourth-order valence-electron chi connectivity index (χ4n) is 1.92. The molecule has 4 heteroatoms. The second-order valence-corrected chi connectivity index (χ2v) is 5.27. The Bertz CT molecular complexity index is 522. The Labute approximate surface area is 110 Å². The number of benzene rings is 1. The molecule has 2 rings (SSSR count). The first kappa shape index (κ1) is 12.8. The van der Waals surface area contributed by atoms with Crippen LogP contribution in [0.4, 0.5) is 0 Å². The summed E-state index contributed by atoms with van der Waals surface area (Å²) in [7, 11) is 0. The third-order valence-electron chi connectivity index (χ3n) is 2.98. The van der Waals surface area contributed by atoms with Crippen LogP contribution >= 0.6 is 11.3 Å². The summed E-state index contributed by atoms with van der Waals surface area (Å²) in [4.78, 5) is 15.5. The number of aromatic nitrogens is 1. The van der Waals surface area contributed by atoms with E-state index in [4.69, 9.17) is 0 Å². The summed E-state index contributed by atoms with van der Waals surface area (Å²) >= 11 is 1.51. The van der Waals surface area contributed by atoms with Crippen molar-refractivity contribution in [3.8, 4) is 0 Å². The molecule has 1 unspecified atom stereocenters.